The Balaban J connectivity index is 1.54. The van der Waals surface area contributed by atoms with E-state index in [1.54, 1.807) is 19.6 Å². The third kappa shape index (κ3) is 4.82. The van der Waals surface area contributed by atoms with E-state index < -0.39 is 0 Å². The molecule has 3 rings (SSSR count). The number of amides is 1. The first kappa shape index (κ1) is 19.3. The van der Waals surface area contributed by atoms with Crippen molar-refractivity contribution in [2.45, 2.75) is 20.4 Å². The molecular weight excluding hydrogens is 356 g/mol. The topological polar surface area (TPSA) is 80.8 Å². The monoisotopic (exact) mass is 380 g/mol. The number of hydrogen-bond donors (Lipinski definition) is 2. The number of hydrogen-bond acceptors (Lipinski definition) is 5. The van der Waals surface area contributed by atoms with Crippen molar-refractivity contribution in [2.24, 2.45) is 5.10 Å². The lowest BCUT2D eigenvalue weighted by Crippen LogP contribution is -2.25. The molecule has 2 heterocycles. The van der Waals surface area contributed by atoms with E-state index in [0.717, 1.165) is 34.1 Å². The summed E-state index contributed by atoms with van der Waals surface area (Å²) in [5, 5.41) is 7.11. The molecule has 0 unspecified atom stereocenters. The summed E-state index contributed by atoms with van der Waals surface area (Å²) in [6.07, 6.45) is 3.32. The fourth-order valence-electron chi connectivity index (χ4n) is 2.89. The predicted octanol–water partition coefficient (Wildman–Crippen LogP) is 3.32. The number of ether oxygens (including phenoxy) is 1. The predicted molar refractivity (Wildman–Crippen MR) is 109 cm³/mol. The third-order valence-corrected chi connectivity index (χ3v) is 4.42. The Morgan fingerprint density at radius 1 is 1.25 bits per heavy atom. The van der Waals surface area contributed by atoms with Crippen molar-refractivity contribution in [3.8, 4) is 5.75 Å². The van der Waals surface area contributed by atoms with Crippen molar-refractivity contribution < 1.29 is 13.9 Å². The zero-order chi connectivity index (χ0) is 19.9. The fraction of sp³-hybridized carbons (Fsp3) is 0.238. The lowest BCUT2D eigenvalue weighted by molar-refractivity contribution is -0.119. The zero-order valence-corrected chi connectivity index (χ0v) is 16.2. The molecule has 0 aliphatic rings. The molecule has 0 spiro atoms. The highest BCUT2D eigenvalue weighted by atomic mass is 16.5. The van der Waals surface area contributed by atoms with Crippen LogP contribution < -0.4 is 15.5 Å². The molecule has 2 aromatic heterocycles. The number of nitrogens with one attached hydrogen (secondary N) is 2. The fourth-order valence-corrected chi connectivity index (χ4v) is 2.89. The van der Waals surface area contributed by atoms with Crippen molar-refractivity contribution in [1.82, 2.24) is 9.99 Å². The van der Waals surface area contributed by atoms with Crippen LogP contribution in [0.5, 0.6) is 5.75 Å². The van der Waals surface area contributed by atoms with E-state index in [2.05, 4.69) is 20.4 Å². The molecule has 7 heteroatoms. The van der Waals surface area contributed by atoms with Crippen LogP contribution in [0.3, 0.4) is 0 Å². The standard InChI is InChI=1S/C21H24N4O3/c1-15-10-17(16(2)25(15)14-20-8-5-9-28-20)12-23-24-21(26)13-22-18-6-4-7-19(11-18)27-3/h4-12,22H,13-14H2,1-3H3,(H,24,26)/b23-12-. The van der Waals surface area contributed by atoms with Gasteiger partial charge in [-0.25, -0.2) is 5.43 Å². The van der Waals surface area contributed by atoms with Gasteiger partial charge in [0.25, 0.3) is 5.91 Å². The van der Waals surface area contributed by atoms with Gasteiger partial charge in [-0.05, 0) is 44.2 Å². The van der Waals surface area contributed by atoms with Crippen LogP contribution in [0.15, 0.2) is 58.2 Å². The first-order valence-electron chi connectivity index (χ1n) is 8.95. The molecule has 0 bridgehead atoms. The molecular formula is C21H24N4O3. The van der Waals surface area contributed by atoms with Crippen molar-refractivity contribution >= 4 is 17.8 Å². The van der Waals surface area contributed by atoms with Gasteiger partial charge in [0.2, 0.25) is 0 Å². The van der Waals surface area contributed by atoms with Gasteiger partial charge in [0, 0.05) is 28.7 Å². The molecule has 0 radical (unpaired) electrons. The highest BCUT2D eigenvalue weighted by Gasteiger charge is 2.09. The van der Waals surface area contributed by atoms with E-state index >= 15 is 0 Å². The Morgan fingerprint density at radius 3 is 2.86 bits per heavy atom. The van der Waals surface area contributed by atoms with Crippen molar-refractivity contribution in [3.05, 3.63) is 71.4 Å². The van der Waals surface area contributed by atoms with E-state index in [4.69, 9.17) is 9.15 Å². The number of carbonyl (C=O) groups is 1. The van der Waals surface area contributed by atoms with Gasteiger partial charge < -0.3 is 19.0 Å². The number of aromatic nitrogens is 1. The van der Waals surface area contributed by atoms with Crippen LogP contribution in [0.2, 0.25) is 0 Å². The number of anilines is 1. The molecule has 0 saturated carbocycles. The van der Waals surface area contributed by atoms with Gasteiger partial charge in [0.15, 0.2) is 0 Å². The number of hydrazone groups is 1. The molecule has 1 amide bonds. The second-order valence-electron chi connectivity index (χ2n) is 6.37. The summed E-state index contributed by atoms with van der Waals surface area (Å²) in [5.41, 5.74) is 6.45. The number of rotatable bonds is 8. The summed E-state index contributed by atoms with van der Waals surface area (Å²) in [7, 11) is 1.60. The van der Waals surface area contributed by atoms with Crippen LogP contribution in [0.4, 0.5) is 5.69 Å². The maximum Gasteiger partial charge on any atom is 0.259 e. The Bertz CT molecular complexity index is 958. The zero-order valence-electron chi connectivity index (χ0n) is 16.2. The summed E-state index contributed by atoms with van der Waals surface area (Å²) < 4.78 is 12.7. The second-order valence-corrected chi connectivity index (χ2v) is 6.37. The minimum absolute atomic E-state index is 0.113. The van der Waals surface area contributed by atoms with Gasteiger partial charge in [0.05, 0.1) is 32.7 Å². The maximum absolute atomic E-state index is 12.0. The van der Waals surface area contributed by atoms with E-state index in [-0.39, 0.29) is 12.5 Å². The summed E-state index contributed by atoms with van der Waals surface area (Å²) in [4.78, 5) is 12.0. The largest absolute Gasteiger partial charge is 0.497 e. The molecule has 0 aliphatic carbocycles. The Morgan fingerprint density at radius 2 is 2.11 bits per heavy atom. The molecule has 28 heavy (non-hydrogen) atoms. The number of carbonyl (C=O) groups excluding carboxylic acids is 1. The van der Waals surface area contributed by atoms with Gasteiger partial charge >= 0.3 is 0 Å². The van der Waals surface area contributed by atoms with E-state index in [1.165, 1.54) is 0 Å². The molecule has 1 aromatic carbocycles. The SMILES string of the molecule is COc1cccc(NCC(=O)N/N=C\c2cc(C)n(Cc3ccco3)c2C)c1. The summed E-state index contributed by atoms with van der Waals surface area (Å²) in [5.74, 6) is 1.39. The van der Waals surface area contributed by atoms with Gasteiger partial charge in [-0.2, -0.15) is 5.10 Å². The lowest BCUT2D eigenvalue weighted by Gasteiger charge is -2.07. The van der Waals surface area contributed by atoms with E-state index in [9.17, 15) is 4.79 Å². The smallest absolute Gasteiger partial charge is 0.259 e. The summed E-state index contributed by atoms with van der Waals surface area (Å²) in [6.45, 7) is 4.82. The molecule has 0 fully saturated rings. The van der Waals surface area contributed by atoms with Crippen LogP contribution in [-0.4, -0.2) is 30.3 Å². The number of benzene rings is 1. The normalized spacial score (nSPS) is 11.0. The minimum atomic E-state index is -0.233. The van der Waals surface area contributed by atoms with Crippen LogP contribution >= 0.6 is 0 Å². The maximum atomic E-state index is 12.0. The Kier molecular flexibility index (Phi) is 6.16. The van der Waals surface area contributed by atoms with Crippen LogP contribution in [0.1, 0.15) is 22.7 Å². The average molecular weight is 380 g/mol. The van der Waals surface area contributed by atoms with Gasteiger partial charge in [-0.3, -0.25) is 4.79 Å². The number of furan rings is 1. The second kappa shape index (κ2) is 8.94. The van der Waals surface area contributed by atoms with Crippen molar-refractivity contribution in [2.75, 3.05) is 19.0 Å². The average Bonchev–Trinajstić information content (AvgIpc) is 3.31. The number of aryl methyl sites for hydroxylation is 1. The molecule has 2 N–H and O–H groups in total. The van der Waals surface area contributed by atoms with Crippen molar-refractivity contribution in [1.29, 1.82) is 0 Å². The van der Waals surface area contributed by atoms with E-state index in [1.807, 2.05) is 56.3 Å². The minimum Gasteiger partial charge on any atom is -0.497 e. The summed E-state index contributed by atoms with van der Waals surface area (Å²) in [6, 6.07) is 13.2. The van der Waals surface area contributed by atoms with Gasteiger partial charge in [-0.1, -0.05) is 6.07 Å². The molecule has 3 aromatic rings. The highest BCUT2D eigenvalue weighted by molar-refractivity contribution is 5.85. The molecule has 0 atom stereocenters. The molecule has 0 aliphatic heterocycles. The Labute approximate surface area is 164 Å². The van der Waals surface area contributed by atoms with Crippen LogP contribution in [0.25, 0.3) is 0 Å². The first-order valence-corrected chi connectivity index (χ1v) is 8.95. The van der Waals surface area contributed by atoms with Gasteiger partial charge in [-0.15, -0.1) is 0 Å². The lowest BCUT2D eigenvalue weighted by atomic mass is 10.3. The summed E-state index contributed by atoms with van der Waals surface area (Å²) >= 11 is 0. The highest BCUT2D eigenvalue weighted by Crippen LogP contribution is 2.17. The van der Waals surface area contributed by atoms with Crippen LogP contribution in [-0.2, 0) is 11.3 Å². The van der Waals surface area contributed by atoms with E-state index in [0.29, 0.717) is 6.54 Å². The Hall–Kier alpha value is -3.48. The molecule has 7 nitrogen and oxygen atoms in total. The van der Waals surface area contributed by atoms with Gasteiger partial charge in [0.1, 0.15) is 11.5 Å². The number of methoxy groups -OCH3 is 1. The third-order valence-electron chi connectivity index (χ3n) is 4.42. The molecule has 146 valence electrons. The number of nitrogens with zero attached hydrogens (tertiary/aromatic N) is 2. The van der Waals surface area contributed by atoms with Crippen LogP contribution in [0, 0.1) is 13.8 Å². The van der Waals surface area contributed by atoms with Crippen molar-refractivity contribution in [3.63, 3.8) is 0 Å². The quantitative estimate of drug-likeness (QED) is 0.464. The molecule has 0 saturated heterocycles. The first-order chi connectivity index (χ1) is 13.6.